The summed E-state index contributed by atoms with van der Waals surface area (Å²) in [5.74, 6) is -0.783. The van der Waals surface area contributed by atoms with E-state index in [2.05, 4.69) is 10.1 Å². The van der Waals surface area contributed by atoms with Crippen molar-refractivity contribution in [2.24, 2.45) is 5.10 Å². The van der Waals surface area contributed by atoms with Gasteiger partial charge in [0, 0.05) is 5.56 Å². The molecule has 4 rings (SSSR count). The number of carboxylic acids is 1. The zero-order chi connectivity index (χ0) is 27.6. The van der Waals surface area contributed by atoms with Gasteiger partial charge in [-0.2, -0.15) is 22.9 Å². The molecule has 1 aromatic heterocycles. The summed E-state index contributed by atoms with van der Waals surface area (Å²) in [4.78, 5) is 29.0. The summed E-state index contributed by atoms with van der Waals surface area (Å²) in [5.41, 5.74) is -0.647. The Hall–Kier alpha value is -3.94. The molecule has 0 saturated heterocycles. The average Bonchev–Trinajstić information content (AvgIpc) is 2.88. The molecule has 0 fully saturated rings. The molecule has 4 aromatic rings. The summed E-state index contributed by atoms with van der Waals surface area (Å²) >= 11 is 1.94. The van der Waals surface area contributed by atoms with E-state index in [1.807, 2.05) is 22.6 Å². The number of aliphatic carboxylic acids is 1. The van der Waals surface area contributed by atoms with Gasteiger partial charge < -0.3 is 14.6 Å². The summed E-state index contributed by atoms with van der Waals surface area (Å²) < 4.78 is 52.4. The number of ether oxygens (including phenoxy) is 2. The van der Waals surface area contributed by atoms with E-state index in [0.717, 1.165) is 16.8 Å². The van der Waals surface area contributed by atoms with Crippen LogP contribution in [0.3, 0.4) is 0 Å². The minimum absolute atomic E-state index is 0.0541. The number of rotatable bonds is 7. The standard InChI is InChI=1S/C26H19F3IN3O5/c1-14(25(35)36)38-22-19(30)10-15(11-21(22)37-2)13-31-33-23(16-6-5-7-17(12-16)26(27,28)29)32-20-9-4-3-8-18(20)24(33)34/h3-14H,1-2H3,(H,35,36)/t14-/m0/s1. The lowest BCUT2D eigenvalue weighted by molar-refractivity contribution is -0.144. The van der Waals surface area contributed by atoms with E-state index >= 15 is 0 Å². The van der Waals surface area contributed by atoms with E-state index in [1.165, 1.54) is 38.4 Å². The Labute approximate surface area is 227 Å². The second kappa shape index (κ2) is 10.8. The molecule has 0 saturated carbocycles. The van der Waals surface area contributed by atoms with E-state index in [1.54, 1.807) is 30.3 Å². The third-order valence-electron chi connectivity index (χ3n) is 5.42. The molecule has 0 amide bonds. The first-order valence-electron chi connectivity index (χ1n) is 11.0. The SMILES string of the molecule is COc1cc(C=Nn2c(-c3cccc(C(F)(F)F)c3)nc3ccccc3c2=O)cc(I)c1O[C@@H](C)C(=O)O. The second-order valence-electron chi connectivity index (χ2n) is 8.03. The van der Waals surface area contributed by atoms with Gasteiger partial charge in [-0.05, 0) is 71.5 Å². The van der Waals surface area contributed by atoms with Crippen LogP contribution in [0.5, 0.6) is 11.5 Å². The second-order valence-corrected chi connectivity index (χ2v) is 9.19. The first-order valence-corrected chi connectivity index (χ1v) is 12.1. The number of carbonyl (C=O) groups is 1. The Balaban J connectivity index is 1.85. The third-order valence-corrected chi connectivity index (χ3v) is 6.22. The van der Waals surface area contributed by atoms with Gasteiger partial charge in [-0.1, -0.05) is 24.3 Å². The largest absolute Gasteiger partial charge is 0.493 e. The number of halogens is 4. The van der Waals surface area contributed by atoms with Crippen molar-refractivity contribution in [1.82, 2.24) is 9.66 Å². The van der Waals surface area contributed by atoms with Crippen LogP contribution < -0.4 is 15.0 Å². The molecule has 1 heterocycles. The Morgan fingerprint density at radius 1 is 1.16 bits per heavy atom. The lowest BCUT2D eigenvalue weighted by Crippen LogP contribution is -2.23. The molecule has 1 N–H and O–H groups in total. The smallest absolute Gasteiger partial charge is 0.416 e. The van der Waals surface area contributed by atoms with Crippen LogP contribution in [0.2, 0.25) is 0 Å². The van der Waals surface area contributed by atoms with Crippen LogP contribution in [0.25, 0.3) is 22.3 Å². The third kappa shape index (κ3) is 5.64. The van der Waals surface area contributed by atoms with Crippen molar-refractivity contribution in [2.45, 2.75) is 19.2 Å². The van der Waals surface area contributed by atoms with E-state index < -0.39 is 29.4 Å². The van der Waals surface area contributed by atoms with Crippen LogP contribution in [0.4, 0.5) is 13.2 Å². The number of hydrogen-bond acceptors (Lipinski definition) is 6. The van der Waals surface area contributed by atoms with Crippen molar-refractivity contribution >= 4 is 45.7 Å². The average molecular weight is 637 g/mol. The van der Waals surface area contributed by atoms with Crippen molar-refractivity contribution in [1.29, 1.82) is 0 Å². The Morgan fingerprint density at radius 2 is 1.89 bits per heavy atom. The minimum Gasteiger partial charge on any atom is -0.493 e. The molecular formula is C26H19F3IN3O5. The minimum atomic E-state index is -4.59. The number of nitrogens with zero attached hydrogens (tertiary/aromatic N) is 3. The van der Waals surface area contributed by atoms with Gasteiger partial charge in [0.15, 0.2) is 23.4 Å². The zero-order valence-electron chi connectivity index (χ0n) is 19.9. The van der Waals surface area contributed by atoms with E-state index in [4.69, 9.17) is 14.6 Å². The highest BCUT2D eigenvalue weighted by Crippen LogP contribution is 2.35. The van der Waals surface area contributed by atoms with Crippen LogP contribution in [-0.2, 0) is 11.0 Å². The molecule has 12 heteroatoms. The lowest BCUT2D eigenvalue weighted by Gasteiger charge is -2.16. The fourth-order valence-corrected chi connectivity index (χ4v) is 4.29. The zero-order valence-corrected chi connectivity index (χ0v) is 22.0. The van der Waals surface area contributed by atoms with Crippen LogP contribution in [0.1, 0.15) is 18.1 Å². The van der Waals surface area contributed by atoms with Gasteiger partial charge in [-0.15, -0.1) is 0 Å². The van der Waals surface area contributed by atoms with E-state index in [0.29, 0.717) is 14.7 Å². The summed E-state index contributed by atoms with van der Waals surface area (Å²) in [6, 6.07) is 14.1. The van der Waals surface area contributed by atoms with Crippen molar-refractivity contribution in [2.75, 3.05) is 7.11 Å². The molecule has 3 aromatic carbocycles. The molecule has 1 atom stereocenters. The van der Waals surface area contributed by atoms with Crippen LogP contribution in [-0.4, -0.2) is 40.2 Å². The molecule has 38 heavy (non-hydrogen) atoms. The van der Waals surface area contributed by atoms with Crippen molar-refractivity contribution in [3.05, 3.63) is 85.7 Å². The quantitative estimate of drug-likeness (QED) is 0.214. The first kappa shape index (κ1) is 27.1. The predicted molar refractivity (Wildman–Crippen MR) is 143 cm³/mol. The van der Waals surface area contributed by atoms with Gasteiger partial charge in [0.2, 0.25) is 0 Å². The summed E-state index contributed by atoms with van der Waals surface area (Å²) in [7, 11) is 1.38. The number of para-hydroxylation sites is 1. The maximum absolute atomic E-state index is 13.4. The molecule has 0 unspecified atom stereocenters. The molecule has 8 nitrogen and oxygen atoms in total. The number of methoxy groups -OCH3 is 1. The maximum atomic E-state index is 13.4. The summed E-state index contributed by atoms with van der Waals surface area (Å²) in [6.45, 7) is 1.38. The fraction of sp³-hybridized carbons (Fsp3) is 0.154. The number of alkyl halides is 3. The van der Waals surface area contributed by atoms with Crippen LogP contribution in [0, 0.1) is 3.57 Å². The molecule has 0 bridgehead atoms. The van der Waals surface area contributed by atoms with Gasteiger partial charge >= 0.3 is 12.1 Å². The number of carboxylic acid groups (broad SMARTS) is 1. The van der Waals surface area contributed by atoms with Crippen LogP contribution in [0.15, 0.2) is 70.6 Å². The first-order chi connectivity index (χ1) is 18.0. The number of fused-ring (bicyclic) bond motifs is 1. The highest BCUT2D eigenvalue weighted by atomic mass is 127. The highest BCUT2D eigenvalue weighted by Gasteiger charge is 2.31. The topological polar surface area (TPSA) is 103 Å². The molecule has 0 radical (unpaired) electrons. The molecule has 0 aliphatic heterocycles. The Morgan fingerprint density at radius 3 is 2.58 bits per heavy atom. The molecule has 0 aliphatic carbocycles. The highest BCUT2D eigenvalue weighted by molar-refractivity contribution is 14.1. The van der Waals surface area contributed by atoms with Crippen molar-refractivity contribution in [3.8, 4) is 22.9 Å². The maximum Gasteiger partial charge on any atom is 0.416 e. The number of aromatic nitrogens is 2. The number of hydrogen-bond donors (Lipinski definition) is 1. The van der Waals surface area contributed by atoms with Gasteiger partial charge in [-0.3, -0.25) is 4.79 Å². The van der Waals surface area contributed by atoms with Gasteiger partial charge in [0.25, 0.3) is 5.56 Å². The summed E-state index contributed by atoms with van der Waals surface area (Å²) in [5, 5.41) is 13.7. The number of benzene rings is 3. The molecular weight excluding hydrogens is 618 g/mol. The predicted octanol–water partition coefficient (Wildman–Crippen LogP) is 5.43. The monoisotopic (exact) mass is 637 g/mol. The fourth-order valence-electron chi connectivity index (χ4n) is 3.53. The van der Waals surface area contributed by atoms with Crippen molar-refractivity contribution in [3.63, 3.8) is 0 Å². The molecule has 196 valence electrons. The van der Waals surface area contributed by atoms with Gasteiger partial charge in [0.05, 0.1) is 33.4 Å². The molecule has 0 spiro atoms. The normalized spacial score (nSPS) is 12.6. The molecule has 0 aliphatic rings. The summed E-state index contributed by atoms with van der Waals surface area (Å²) in [6.07, 6.45) is -4.39. The van der Waals surface area contributed by atoms with Crippen molar-refractivity contribution < 1.29 is 32.5 Å². The Bertz CT molecular complexity index is 1620. The van der Waals surface area contributed by atoms with Gasteiger partial charge in [0.1, 0.15) is 0 Å². The van der Waals surface area contributed by atoms with Gasteiger partial charge in [-0.25, -0.2) is 9.78 Å². The Kier molecular flexibility index (Phi) is 7.71. The van der Waals surface area contributed by atoms with E-state index in [-0.39, 0.29) is 28.3 Å². The van der Waals surface area contributed by atoms with E-state index in [9.17, 15) is 22.8 Å². The van der Waals surface area contributed by atoms with Crippen LogP contribution >= 0.6 is 22.6 Å². The lowest BCUT2D eigenvalue weighted by atomic mass is 10.1.